The van der Waals surface area contributed by atoms with Crippen LogP contribution in [-0.4, -0.2) is 44.1 Å². The van der Waals surface area contributed by atoms with Crippen molar-refractivity contribution in [2.75, 3.05) is 24.6 Å². The molecule has 0 bridgehead atoms. The Balaban J connectivity index is 2.49. The van der Waals surface area contributed by atoms with Gasteiger partial charge in [-0.2, -0.15) is 0 Å². The number of sulfone groups is 1. The molecule has 0 aromatic heterocycles. The molecule has 1 unspecified atom stereocenters. The maximum absolute atomic E-state index is 11.0. The average molecular weight is 178 g/mol. The molecule has 0 aromatic carbocycles. The minimum atomic E-state index is -2.75. The van der Waals surface area contributed by atoms with E-state index in [0.29, 0.717) is 13.1 Å². The maximum Gasteiger partial charge on any atom is 0.152 e. The van der Waals surface area contributed by atoms with Crippen LogP contribution in [0, 0.1) is 0 Å². The predicted octanol–water partition coefficient (Wildman–Crippen LogP) is -0.978. The second-order valence-electron chi connectivity index (χ2n) is 2.93. The van der Waals surface area contributed by atoms with E-state index in [4.69, 9.17) is 5.73 Å². The average Bonchev–Trinajstić information content (AvgIpc) is 1.86. The molecule has 11 heavy (non-hydrogen) atoms. The molecule has 1 fully saturated rings. The van der Waals surface area contributed by atoms with Crippen molar-refractivity contribution in [2.45, 2.75) is 13.1 Å². The Labute approximate surface area is 67.3 Å². The third kappa shape index (κ3) is 2.43. The van der Waals surface area contributed by atoms with Crippen molar-refractivity contribution in [3.8, 4) is 0 Å². The molecule has 2 N–H and O–H groups in total. The highest BCUT2D eigenvalue weighted by Gasteiger charge is 2.22. The fraction of sp³-hybridized carbons (Fsp3) is 1.00. The lowest BCUT2D eigenvalue weighted by molar-refractivity contribution is 0.231. The molecular weight excluding hydrogens is 164 g/mol. The molecule has 1 aliphatic rings. The topological polar surface area (TPSA) is 63.4 Å². The Kier molecular flexibility index (Phi) is 2.51. The van der Waals surface area contributed by atoms with Gasteiger partial charge in [0.25, 0.3) is 0 Å². The van der Waals surface area contributed by atoms with Crippen LogP contribution in [0.15, 0.2) is 0 Å². The van der Waals surface area contributed by atoms with E-state index in [9.17, 15) is 8.42 Å². The van der Waals surface area contributed by atoms with Crippen LogP contribution in [-0.2, 0) is 9.84 Å². The second kappa shape index (κ2) is 3.08. The molecule has 0 radical (unpaired) electrons. The van der Waals surface area contributed by atoms with Crippen molar-refractivity contribution in [1.29, 1.82) is 0 Å². The lowest BCUT2D eigenvalue weighted by Crippen LogP contribution is -2.48. The van der Waals surface area contributed by atoms with E-state index in [1.54, 1.807) is 0 Å². The third-order valence-electron chi connectivity index (χ3n) is 1.95. The first-order valence-electron chi connectivity index (χ1n) is 3.71. The van der Waals surface area contributed by atoms with Crippen molar-refractivity contribution >= 4 is 9.84 Å². The zero-order valence-electron chi connectivity index (χ0n) is 6.66. The van der Waals surface area contributed by atoms with Crippen LogP contribution >= 0.6 is 0 Å². The molecule has 0 spiro atoms. The highest BCUT2D eigenvalue weighted by Crippen LogP contribution is 2.04. The van der Waals surface area contributed by atoms with Crippen molar-refractivity contribution in [1.82, 2.24) is 4.90 Å². The number of hydrogen-bond acceptors (Lipinski definition) is 4. The maximum atomic E-state index is 11.0. The molecule has 1 saturated heterocycles. The van der Waals surface area contributed by atoms with Crippen molar-refractivity contribution in [3.63, 3.8) is 0 Å². The fourth-order valence-electron chi connectivity index (χ4n) is 1.13. The molecule has 5 heteroatoms. The summed E-state index contributed by atoms with van der Waals surface area (Å²) < 4.78 is 21.9. The van der Waals surface area contributed by atoms with Crippen molar-refractivity contribution in [2.24, 2.45) is 5.73 Å². The molecule has 0 aromatic rings. The standard InChI is InChI=1S/C6H14N2O2S/c1-6(7)8-2-4-11(9,10)5-3-8/h6H,2-5,7H2,1H3. The van der Waals surface area contributed by atoms with Crippen molar-refractivity contribution in [3.05, 3.63) is 0 Å². The van der Waals surface area contributed by atoms with Crippen LogP contribution in [0.5, 0.6) is 0 Å². The summed E-state index contributed by atoms with van der Waals surface area (Å²) in [5.41, 5.74) is 5.59. The first kappa shape index (κ1) is 8.96. The number of nitrogens with two attached hydrogens (primary N) is 1. The van der Waals surface area contributed by atoms with Gasteiger partial charge in [-0.1, -0.05) is 0 Å². The zero-order chi connectivity index (χ0) is 8.48. The normalized spacial score (nSPS) is 28.2. The Morgan fingerprint density at radius 3 is 2.18 bits per heavy atom. The van der Waals surface area contributed by atoms with Crippen LogP contribution in [0.3, 0.4) is 0 Å². The fourth-order valence-corrected chi connectivity index (χ4v) is 2.36. The van der Waals surface area contributed by atoms with Crippen LogP contribution in [0.2, 0.25) is 0 Å². The molecule has 1 aliphatic heterocycles. The zero-order valence-corrected chi connectivity index (χ0v) is 7.47. The first-order chi connectivity index (χ1) is 5.01. The lowest BCUT2D eigenvalue weighted by atomic mass is 10.4. The molecule has 0 amide bonds. The lowest BCUT2D eigenvalue weighted by Gasteiger charge is -2.29. The van der Waals surface area contributed by atoms with E-state index in [0.717, 1.165) is 0 Å². The minimum absolute atomic E-state index is 0.0227. The van der Waals surface area contributed by atoms with Crippen LogP contribution in [0.25, 0.3) is 0 Å². The molecule has 0 saturated carbocycles. The van der Waals surface area contributed by atoms with Gasteiger partial charge in [0.2, 0.25) is 0 Å². The highest BCUT2D eigenvalue weighted by atomic mass is 32.2. The van der Waals surface area contributed by atoms with E-state index in [2.05, 4.69) is 0 Å². The van der Waals surface area contributed by atoms with Gasteiger partial charge in [-0.3, -0.25) is 4.90 Å². The largest absolute Gasteiger partial charge is 0.316 e. The molecule has 1 rings (SSSR count). The molecule has 0 aliphatic carbocycles. The van der Waals surface area contributed by atoms with Gasteiger partial charge in [0.05, 0.1) is 17.7 Å². The summed E-state index contributed by atoms with van der Waals surface area (Å²) in [6.45, 7) is 3.04. The summed E-state index contributed by atoms with van der Waals surface area (Å²) in [5, 5.41) is 0. The summed E-state index contributed by atoms with van der Waals surface area (Å²) in [6.07, 6.45) is -0.0227. The molecule has 1 heterocycles. The summed E-state index contributed by atoms with van der Waals surface area (Å²) >= 11 is 0. The molecule has 1 atom stereocenters. The van der Waals surface area contributed by atoms with Gasteiger partial charge in [-0.25, -0.2) is 8.42 Å². The van der Waals surface area contributed by atoms with E-state index < -0.39 is 9.84 Å². The van der Waals surface area contributed by atoms with Gasteiger partial charge in [0.15, 0.2) is 9.84 Å². The molecular formula is C6H14N2O2S. The monoisotopic (exact) mass is 178 g/mol. The van der Waals surface area contributed by atoms with Crippen LogP contribution in [0.1, 0.15) is 6.92 Å². The highest BCUT2D eigenvalue weighted by molar-refractivity contribution is 7.91. The van der Waals surface area contributed by atoms with Gasteiger partial charge in [0, 0.05) is 13.1 Å². The van der Waals surface area contributed by atoms with E-state index in [1.807, 2.05) is 11.8 Å². The summed E-state index contributed by atoms with van der Waals surface area (Å²) in [5.74, 6) is 0.517. The van der Waals surface area contributed by atoms with Crippen LogP contribution < -0.4 is 5.73 Å². The van der Waals surface area contributed by atoms with E-state index in [1.165, 1.54) is 0 Å². The Morgan fingerprint density at radius 2 is 1.82 bits per heavy atom. The summed E-state index contributed by atoms with van der Waals surface area (Å²) in [6, 6.07) is 0. The first-order valence-corrected chi connectivity index (χ1v) is 5.53. The van der Waals surface area contributed by atoms with E-state index >= 15 is 0 Å². The Hall–Kier alpha value is -0.130. The van der Waals surface area contributed by atoms with Crippen LogP contribution in [0.4, 0.5) is 0 Å². The molecule has 66 valence electrons. The SMILES string of the molecule is CC(N)N1CCS(=O)(=O)CC1. The van der Waals surface area contributed by atoms with Gasteiger partial charge < -0.3 is 5.73 Å². The van der Waals surface area contributed by atoms with Gasteiger partial charge in [-0.05, 0) is 6.92 Å². The quantitative estimate of drug-likeness (QED) is 0.560. The number of rotatable bonds is 1. The van der Waals surface area contributed by atoms with Crippen molar-refractivity contribution < 1.29 is 8.42 Å². The molecule has 4 nitrogen and oxygen atoms in total. The number of hydrogen-bond donors (Lipinski definition) is 1. The van der Waals surface area contributed by atoms with Gasteiger partial charge in [0.1, 0.15) is 0 Å². The minimum Gasteiger partial charge on any atom is -0.316 e. The Bertz CT molecular complexity index is 209. The summed E-state index contributed by atoms with van der Waals surface area (Å²) in [7, 11) is -2.75. The predicted molar refractivity (Wildman–Crippen MR) is 43.9 cm³/mol. The van der Waals surface area contributed by atoms with Gasteiger partial charge in [-0.15, -0.1) is 0 Å². The van der Waals surface area contributed by atoms with E-state index in [-0.39, 0.29) is 17.7 Å². The van der Waals surface area contributed by atoms with Gasteiger partial charge >= 0.3 is 0 Å². The number of nitrogens with zero attached hydrogens (tertiary/aromatic N) is 1. The smallest absolute Gasteiger partial charge is 0.152 e. The third-order valence-corrected chi connectivity index (χ3v) is 3.56. The Morgan fingerprint density at radius 1 is 1.36 bits per heavy atom. The summed E-state index contributed by atoms with van der Waals surface area (Å²) in [4.78, 5) is 1.97. The second-order valence-corrected chi connectivity index (χ2v) is 5.23.